The van der Waals surface area contributed by atoms with E-state index in [4.69, 9.17) is 9.47 Å². The third kappa shape index (κ3) is 3.76. The Hall–Kier alpha value is -1.76. The quantitative estimate of drug-likeness (QED) is 0.843. The van der Waals surface area contributed by atoms with Gasteiger partial charge in [-0.25, -0.2) is 0 Å². The van der Waals surface area contributed by atoms with Gasteiger partial charge in [0.15, 0.2) is 0 Å². The standard InChI is InChI=1S/C19H22N2O3S/c22-18(16-3-9-25-14-16)21-7-4-19(5-8-21)10-17(13-24-19)23-12-15-2-1-6-20-11-15/h1-3,6,9,11,14,17H,4-5,7-8,10,12-13H2. The van der Waals surface area contributed by atoms with Crippen LogP contribution >= 0.6 is 11.3 Å². The Morgan fingerprint density at radius 1 is 1.40 bits per heavy atom. The first-order chi connectivity index (χ1) is 12.2. The van der Waals surface area contributed by atoms with E-state index in [-0.39, 0.29) is 17.6 Å². The summed E-state index contributed by atoms with van der Waals surface area (Å²) in [4.78, 5) is 18.5. The lowest BCUT2D eigenvalue weighted by molar-refractivity contribution is -0.0412. The van der Waals surface area contributed by atoms with E-state index in [2.05, 4.69) is 4.98 Å². The third-order valence-corrected chi connectivity index (χ3v) is 5.80. The van der Waals surface area contributed by atoms with Crippen LogP contribution in [0.3, 0.4) is 0 Å². The first-order valence-corrected chi connectivity index (χ1v) is 9.64. The Kier molecular flexibility index (Phi) is 4.83. The molecule has 0 bridgehead atoms. The van der Waals surface area contributed by atoms with E-state index in [1.807, 2.05) is 40.1 Å². The molecule has 1 amide bonds. The van der Waals surface area contributed by atoms with Crippen LogP contribution in [0.4, 0.5) is 0 Å². The van der Waals surface area contributed by atoms with E-state index in [1.165, 1.54) is 0 Å². The van der Waals surface area contributed by atoms with Gasteiger partial charge < -0.3 is 14.4 Å². The van der Waals surface area contributed by atoms with Crippen molar-refractivity contribution in [3.8, 4) is 0 Å². The second kappa shape index (κ2) is 7.23. The number of pyridine rings is 1. The molecule has 5 nitrogen and oxygen atoms in total. The van der Waals surface area contributed by atoms with Crippen LogP contribution in [0.5, 0.6) is 0 Å². The molecule has 4 heterocycles. The third-order valence-electron chi connectivity index (χ3n) is 5.11. The largest absolute Gasteiger partial charge is 0.372 e. The van der Waals surface area contributed by atoms with Crippen LogP contribution in [0.1, 0.15) is 35.2 Å². The van der Waals surface area contributed by atoms with Gasteiger partial charge in [0.25, 0.3) is 5.91 Å². The van der Waals surface area contributed by atoms with Crippen molar-refractivity contribution in [1.29, 1.82) is 0 Å². The van der Waals surface area contributed by atoms with Gasteiger partial charge in [-0.1, -0.05) is 6.07 Å². The van der Waals surface area contributed by atoms with Crippen molar-refractivity contribution < 1.29 is 14.3 Å². The van der Waals surface area contributed by atoms with Gasteiger partial charge in [-0.2, -0.15) is 11.3 Å². The zero-order chi connectivity index (χ0) is 17.1. The number of thiophene rings is 1. The predicted octanol–water partition coefficient (Wildman–Crippen LogP) is 3.12. The fourth-order valence-electron chi connectivity index (χ4n) is 3.64. The number of hydrogen-bond donors (Lipinski definition) is 0. The first kappa shape index (κ1) is 16.7. The molecular formula is C19H22N2O3S. The van der Waals surface area contributed by atoms with Gasteiger partial charge in [0, 0.05) is 37.3 Å². The van der Waals surface area contributed by atoms with Crippen molar-refractivity contribution in [2.75, 3.05) is 19.7 Å². The van der Waals surface area contributed by atoms with Crippen LogP contribution in [0.15, 0.2) is 41.4 Å². The van der Waals surface area contributed by atoms with Crippen molar-refractivity contribution in [3.63, 3.8) is 0 Å². The van der Waals surface area contributed by atoms with Gasteiger partial charge in [0.1, 0.15) is 0 Å². The average Bonchev–Trinajstić information content (AvgIpc) is 3.32. The molecule has 25 heavy (non-hydrogen) atoms. The minimum Gasteiger partial charge on any atom is -0.372 e. The highest BCUT2D eigenvalue weighted by molar-refractivity contribution is 7.08. The van der Waals surface area contributed by atoms with Crippen LogP contribution in [0.2, 0.25) is 0 Å². The number of aromatic nitrogens is 1. The van der Waals surface area contributed by atoms with Crippen LogP contribution in [-0.4, -0.2) is 47.2 Å². The average molecular weight is 358 g/mol. The van der Waals surface area contributed by atoms with E-state index >= 15 is 0 Å². The Balaban J connectivity index is 1.28. The lowest BCUT2D eigenvalue weighted by atomic mass is 9.88. The Morgan fingerprint density at radius 3 is 3.00 bits per heavy atom. The lowest BCUT2D eigenvalue weighted by Crippen LogP contribution is -2.46. The minimum absolute atomic E-state index is 0.120. The van der Waals surface area contributed by atoms with Gasteiger partial charge >= 0.3 is 0 Å². The number of carbonyl (C=O) groups excluding carboxylic acids is 1. The predicted molar refractivity (Wildman–Crippen MR) is 95.6 cm³/mol. The number of amides is 1. The van der Waals surface area contributed by atoms with Gasteiger partial charge in [-0.15, -0.1) is 0 Å². The molecule has 2 aromatic rings. The molecule has 2 fully saturated rings. The van der Waals surface area contributed by atoms with Crippen LogP contribution < -0.4 is 0 Å². The zero-order valence-corrected chi connectivity index (χ0v) is 14.9. The molecule has 1 unspecified atom stereocenters. The van der Waals surface area contributed by atoms with Crippen LogP contribution in [-0.2, 0) is 16.1 Å². The van der Waals surface area contributed by atoms with E-state index < -0.39 is 0 Å². The summed E-state index contributed by atoms with van der Waals surface area (Å²) in [6.45, 7) is 2.72. The van der Waals surface area contributed by atoms with Crippen LogP contribution in [0, 0.1) is 0 Å². The van der Waals surface area contributed by atoms with Crippen molar-refractivity contribution in [2.45, 2.75) is 37.6 Å². The summed E-state index contributed by atoms with van der Waals surface area (Å²) < 4.78 is 12.1. The summed E-state index contributed by atoms with van der Waals surface area (Å²) in [5.74, 6) is 0.137. The molecule has 1 spiro atoms. The molecule has 6 heteroatoms. The molecule has 0 saturated carbocycles. The van der Waals surface area contributed by atoms with Crippen molar-refractivity contribution in [2.24, 2.45) is 0 Å². The molecule has 132 valence electrons. The second-order valence-electron chi connectivity index (χ2n) is 6.80. The summed E-state index contributed by atoms with van der Waals surface area (Å²) in [7, 11) is 0. The number of ether oxygens (including phenoxy) is 2. The highest BCUT2D eigenvalue weighted by Crippen LogP contribution is 2.37. The summed E-state index contributed by atoms with van der Waals surface area (Å²) in [6, 6.07) is 5.84. The number of hydrogen-bond acceptors (Lipinski definition) is 5. The van der Waals surface area contributed by atoms with E-state index in [0.717, 1.165) is 43.5 Å². The highest BCUT2D eigenvalue weighted by atomic mass is 32.1. The van der Waals surface area contributed by atoms with Crippen molar-refractivity contribution >= 4 is 17.2 Å². The number of likely N-dealkylation sites (tertiary alicyclic amines) is 1. The van der Waals surface area contributed by atoms with E-state index in [9.17, 15) is 4.79 Å². The normalized spacial score (nSPS) is 22.4. The van der Waals surface area contributed by atoms with E-state index in [1.54, 1.807) is 17.5 Å². The Labute approximate surface area is 151 Å². The Morgan fingerprint density at radius 2 is 2.28 bits per heavy atom. The lowest BCUT2D eigenvalue weighted by Gasteiger charge is -2.38. The van der Waals surface area contributed by atoms with Crippen LogP contribution in [0.25, 0.3) is 0 Å². The molecule has 0 aromatic carbocycles. The molecule has 0 N–H and O–H groups in total. The maximum absolute atomic E-state index is 12.4. The molecule has 1 atom stereocenters. The summed E-state index contributed by atoms with van der Waals surface area (Å²) >= 11 is 1.56. The van der Waals surface area contributed by atoms with Gasteiger partial charge in [0.05, 0.1) is 30.5 Å². The van der Waals surface area contributed by atoms with Crippen molar-refractivity contribution in [1.82, 2.24) is 9.88 Å². The van der Waals surface area contributed by atoms with Crippen molar-refractivity contribution in [3.05, 3.63) is 52.5 Å². The SMILES string of the molecule is O=C(c1ccsc1)N1CCC2(CC1)CC(OCc1cccnc1)CO2. The number of piperidine rings is 1. The van der Waals surface area contributed by atoms with Gasteiger partial charge in [-0.3, -0.25) is 9.78 Å². The molecule has 4 rings (SSSR count). The van der Waals surface area contributed by atoms with E-state index in [0.29, 0.717) is 13.2 Å². The highest BCUT2D eigenvalue weighted by Gasteiger charge is 2.43. The fourth-order valence-corrected chi connectivity index (χ4v) is 4.27. The second-order valence-corrected chi connectivity index (χ2v) is 7.58. The molecule has 2 saturated heterocycles. The maximum atomic E-state index is 12.4. The molecule has 2 aliphatic heterocycles. The Bertz CT molecular complexity index is 697. The number of nitrogens with zero attached hydrogens (tertiary/aromatic N) is 2. The first-order valence-electron chi connectivity index (χ1n) is 8.70. The maximum Gasteiger partial charge on any atom is 0.254 e. The molecule has 2 aromatic heterocycles. The van der Waals surface area contributed by atoms with Gasteiger partial charge in [-0.05, 0) is 35.9 Å². The minimum atomic E-state index is -0.120. The molecule has 0 aliphatic carbocycles. The van der Waals surface area contributed by atoms with Gasteiger partial charge in [0.2, 0.25) is 0 Å². The summed E-state index contributed by atoms with van der Waals surface area (Å²) in [6.07, 6.45) is 6.40. The summed E-state index contributed by atoms with van der Waals surface area (Å²) in [5, 5.41) is 3.87. The topological polar surface area (TPSA) is 51.7 Å². The number of rotatable bonds is 4. The monoisotopic (exact) mass is 358 g/mol. The fraction of sp³-hybridized carbons (Fsp3) is 0.474. The number of carbonyl (C=O) groups is 1. The smallest absolute Gasteiger partial charge is 0.254 e. The zero-order valence-electron chi connectivity index (χ0n) is 14.1. The summed E-state index contributed by atoms with van der Waals surface area (Å²) in [5.41, 5.74) is 1.76. The molecular weight excluding hydrogens is 336 g/mol. The molecule has 2 aliphatic rings. The molecule has 0 radical (unpaired) electrons.